The fraction of sp³-hybridized carbons (Fsp3) is 0.476. The topological polar surface area (TPSA) is 64.3 Å². The molecule has 1 amide bonds. The summed E-state index contributed by atoms with van der Waals surface area (Å²) < 4.78 is 3.32. The molecule has 1 aliphatic heterocycles. The highest BCUT2D eigenvalue weighted by Crippen LogP contribution is 2.21. The van der Waals surface area contributed by atoms with Gasteiger partial charge in [-0.1, -0.05) is 13.0 Å². The zero-order valence-electron chi connectivity index (χ0n) is 16.5. The molecule has 1 fully saturated rings. The predicted octanol–water partition coefficient (Wildman–Crippen LogP) is 3.32. The maximum absolute atomic E-state index is 13.2. The van der Waals surface area contributed by atoms with Gasteiger partial charge in [0.2, 0.25) is 5.91 Å². The molecule has 0 spiro atoms. The van der Waals surface area contributed by atoms with Crippen LogP contribution in [-0.4, -0.2) is 32.5 Å². The van der Waals surface area contributed by atoms with Crippen molar-refractivity contribution in [2.45, 2.75) is 58.2 Å². The molecule has 0 saturated carbocycles. The lowest BCUT2D eigenvalue weighted by Gasteiger charge is -2.35. The lowest BCUT2D eigenvalue weighted by molar-refractivity contribution is -0.135. The number of nitrogens with zero attached hydrogens (tertiary/aromatic N) is 3. The zero-order chi connectivity index (χ0) is 20.4. The van der Waals surface area contributed by atoms with Crippen LogP contribution in [0.2, 0.25) is 0 Å². The van der Waals surface area contributed by atoms with Crippen molar-refractivity contribution in [3.8, 4) is 0 Å². The number of aryl methyl sites for hydroxylation is 1. The van der Waals surface area contributed by atoms with Gasteiger partial charge >= 0.3 is 5.69 Å². The number of carbonyl (C=O) groups is 1. The maximum Gasteiger partial charge on any atom is 0.332 e. The summed E-state index contributed by atoms with van der Waals surface area (Å²) >= 11 is 2.94. The van der Waals surface area contributed by atoms with Gasteiger partial charge in [-0.2, -0.15) is 0 Å². The minimum absolute atomic E-state index is 0.0121. The molecule has 3 aromatic rings. The number of fused-ring (bicyclic) bond motifs is 1. The fourth-order valence-electron chi connectivity index (χ4n) is 4.14. The smallest absolute Gasteiger partial charge is 0.332 e. The van der Waals surface area contributed by atoms with E-state index >= 15 is 0 Å². The summed E-state index contributed by atoms with van der Waals surface area (Å²) in [5.74, 6) is -0.0328. The zero-order valence-corrected chi connectivity index (χ0v) is 18.1. The number of thiophene rings is 2. The van der Waals surface area contributed by atoms with Crippen LogP contribution < -0.4 is 11.2 Å². The highest BCUT2D eigenvalue weighted by Gasteiger charge is 2.26. The second-order valence-corrected chi connectivity index (χ2v) is 9.38. The van der Waals surface area contributed by atoms with E-state index in [2.05, 4.69) is 6.92 Å². The average molecular weight is 432 g/mol. The monoisotopic (exact) mass is 431 g/mol. The molecular formula is C21H25N3O3S2. The number of hydrogen-bond acceptors (Lipinski definition) is 5. The van der Waals surface area contributed by atoms with Crippen molar-refractivity contribution in [3.05, 3.63) is 54.7 Å². The third kappa shape index (κ3) is 3.96. The van der Waals surface area contributed by atoms with Crippen molar-refractivity contribution in [3.63, 3.8) is 0 Å². The fourth-order valence-corrected chi connectivity index (χ4v) is 5.68. The van der Waals surface area contributed by atoms with Crippen LogP contribution in [0.1, 0.15) is 37.5 Å². The van der Waals surface area contributed by atoms with Crippen molar-refractivity contribution in [1.29, 1.82) is 0 Å². The molecule has 0 aliphatic carbocycles. The van der Waals surface area contributed by atoms with E-state index in [1.807, 2.05) is 27.8 Å². The van der Waals surface area contributed by atoms with Crippen molar-refractivity contribution >= 4 is 38.8 Å². The Hall–Kier alpha value is -2.19. The quantitative estimate of drug-likeness (QED) is 0.601. The Kier molecular flexibility index (Phi) is 6.01. The van der Waals surface area contributed by atoms with E-state index in [1.54, 1.807) is 17.4 Å². The summed E-state index contributed by atoms with van der Waals surface area (Å²) in [7, 11) is 0. The lowest BCUT2D eigenvalue weighted by atomic mass is 10.00. The number of likely N-dealkylation sites (tertiary alicyclic amines) is 1. The van der Waals surface area contributed by atoms with Gasteiger partial charge in [0.05, 0.1) is 5.52 Å². The molecule has 1 atom stereocenters. The molecule has 154 valence electrons. The van der Waals surface area contributed by atoms with E-state index in [0.29, 0.717) is 23.2 Å². The van der Waals surface area contributed by atoms with Gasteiger partial charge in [0, 0.05) is 24.0 Å². The van der Waals surface area contributed by atoms with Gasteiger partial charge in [-0.05, 0) is 55.0 Å². The minimum atomic E-state index is -0.393. The van der Waals surface area contributed by atoms with Crippen molar-refractivity contribution < 1.29 is 4.79 Å². The Balaban J connectivity index is 1.68. The number of amides is 1. The first-order chi connectivity index (χ1) is 14.1. The van der Waals surface area contributed by atoms with E-state index in [-0.39, 0.29) is 24.1 Å². The SMILES string of the molecule is CC[C@H]1CCCCN1C(=O)Cn1c(=O)n(CCc2cccs2)c(=O)c2sccc21. The molecule has 4 heterocycles. The number of rotatable bonds is 6. The Labute approximate surface area is 177 Å². The van der Waals surface area contributed by atoms with Gasteiger partial charge in [-0.15, -0.1) is 22.7 Å². The molecule has 3 aromatic heterocycles. The normalized spacial score (nSPS) is 17.1. The number of carbonyl (C=O) groups excluding carboxylic acids is 1. The maximum atomic E-state index is 13.2. The standard InChI is InChI=1S/C21H25N3O3S2/c1-2-15-6-3-4-10-22(15)18(25)14-24-17-9-13-29-19(17)20(26)23(21(24)27)11-8-16-7-5-12-28-16/h5,7,9,12-13,15H,2-4,6,8,10-11,14H2,1H3/t15-/m0/s1. The van der Waals surface area contributed by atoms with Crippen LogP contribution in [0.25, 0.3) is 10.2 Å². The van der Waals surface area contributed by atoms with Gasteiger partial charge in [-0.25, -0.2) is 4.79 Å². The van der Waals surface area contributed by atoms with Gasteiger partial charge in [0.15, 0.2) is 0 Å². The molecule has 1 aliphatic rings. The Morgan fingerprint density at radius 1 is 1.14 bits per heavy atom. The van der Waals surface area contributed by atoms with Crippen molar-refractivity contribution in [2.75, 3.05) is 6.54 Å². The number of piperidine rings is 1. The van der Waals surface area contributed by atoms with Crippen LogP contribution in [0.5, 0.6) is 0 Å². The van der Waals surface area contributed by atoms with E-state index < -0.39 is 5.69 Å². The largest absolute Gasteiger partial charge is 0.338 e. The molecule has 6 nitrogen and oxygen atoms in total. The van der Waals surface area contributed by atoms with Crippen LogP contribution in [0.4, 0.5) is 0 Å². The molecule has 0 radical (unpaired) electrons. The van der Waals surface area contributed by atoms with Gasteiger partial charge in [-0.3, -0.25) is 18.7 Å². The summed E-state index contributed by atoms with van der Waals surface area (Å²) in [5, 5.41) is 3.80. The average Bonchev–Trinajstić information content (AvgIpc) is 3.43. The first-order valence-corrected chi connectivity index (χ1v) is 11.9. The van der Waals surface area contributed by atoms with Gasteiger partial charge < -0.3 is 4.90 Å². The molecule has 29 heavy (non-hydrogen) atoms. The Morgan fingerprint density at radius 3 is 2.76 bits per heavy atom. The highest BCUT2D eigenvalue weighted by molar-refractivity contribution is 7.17. The number of hydrogen-bond donors (Lipinski definition) is 0. The third-order valence-corrected chi connectivity index (χ3v) is 7.54. The van der Waals surface area contributed by atoms with E-state index in [0.717, 1.165) is 37.1 Å². The van der Waals surface area contributed by atoms with Crippen LogP contribution >= 0.6 is 22.7 Å². The summed E-state index contributed by atoms with van der Waals surface area (Å²) in [6.07, 6.45) is 4.72. The number of aromatic nitrogens is 2. The Morgan fingerprint density at radius 2 is 2.00 bits per heavy atom. The molecule has 0 unspecified atom stereocenters. The Bertz CT molecular complexity index is 1110. The molecule has 8 heteroatoms. The first-order valence-electron chi connectivity index (χ1n) is 10.1. The van der Waals surface area contributed by atoms with Crippen LogP contribution in [0.3, 0.4) is 0 Å². The molecule has 1 saturated heterocycles. The van der Waals surface area contributed by atoms with Crippen LogP contribution in [-0.2, 0) is 24.3 Å². The summed E-state index contributed by atoms with van der Waals surface area (Å²) in [6.45, 7) is 3.16. The van der Waals surface area contributed by atoms with E-state index in [1.165, 1.54) is 20.5 Å². The summed E-state index contributed by atoms with van der Waals surface area (Å²) in [6, 6.07) is 5.98. The lowest BCUT2D eigenvalue weighted by Crippen LogP contribution is -2.47. The minimum Gasteiger partial charge on any atom is -0.338 e. The van der Waals surface area contributed by atoms with Crippen LogP contribution in [0.15, 0.2) is 38.5 Å². The molecule has 0 aromatic carbocycles. The van der Waals surface area contributed by atoms with Crippen LogP contribution in [0, 0.1) is 0 Å². The molecular weight excluding hydrogens is 406 g/mol. The van der Waals surface area contributed by atoms with Gasteiger partial charge in [0.1, 0.15) is 11.2 Å². The molecule has 0 bridgehead atoms. The first kappa shape index (κ1) is 20.1. The van der Waals surface area contributed by atoms with Crippen molar-refractivity contribution in [1.82, 2.24) is 14.0 Å². The summed E-state index contributed by atoms with van der Waals surface area (Å²) in [4.78, 5) is 42.2. The second kappa shape index (κ2) is 8.67. The highest BCUT2D eigenvalue weighted by atomic mass is 32.1. The van der Waals surface area contributed by atoms with Crippen molar-refractivity contribution in [2.24, 2.45) is 0 Å². The van der Waals surface area contributed by atoms with E-state index in [9.17, 15) is 14.4 Å². The second-order valence-electron chi connectivity index (χ2n) is 7.43. The predicted molar refractivity (Wildman–Crippen MR) is 118 cm³/mol. The van der Waals surface area contributed by atoms with Gasteiger partial charge in [0.25, 0.3) is 5.56 Å². The molecule has 4 rings (SSSR count). The van der Waals surface area contributed by atoms with E-state index in [4.69, 9.17) is 0 Å². The molecule has 0 N–H and O–H groups in total. The third-order valence-electron chi connectivity index (χ3n) is 5.71. The summed E-state index contributed by atoms with van der Waals surface area (Å²) in [5.41, 5.74) is -0.0868.